The van der Waals surface area contributed by atoms with Crippen molar-refractivity contribution in [1.29, 1.82) is 0 Å². The van der Waals surface area contributed by atoms with Crippen LogP contribution in [-0.2, 0) is 0 Å². The predicted octanol–water partition coefficient (Wildman–Crippen LogP) is 2.70. The molecule has 0 unspecified atom stereocenters. The van der Waals surface area contributed by atoms with Crippen molar-refractivity contribution in [3.05, 3.63) is 11.8 Å². The quantitative estimate of drug-likeness (QED) is 0.824. The maximum Gasteiger partial charge on any atom is 0.224 e. The van der Waals surface area contributed by atoms with Gasteiger partial charge in [-0.3, -0.25) is 0 Å². The van der Waals surface area contributed by atoms with Gasteiger partial charge in [-0.2, -0.15) is 4.98 Å². The first-order valence-corrected chi connectivity index (χ1v) is 6.41. The third kappa shape index (κ3) is 4.21. The summed E-state index contributed by atoms with van der Waals surface area (Å²) in [5.74, 6) is 2.34. The summed E-state index contributed by atoms with van der Waals surface area (Å²) in [5.41, 5.74) is 1.01. The summed E-state index contributed by atoms with van der Waals surface area (Å²) in [6.07, 6.45) is 0. The molecule has 1 rings (SSSR count). The Balaban J connectivity index is 2.85. The fourth-order valence-electron chi connectivity index (χ4n) is 1.64. The number of rotatable bonds is 6. The Bertz CT molecular complexity index is 345. The monoisotopic (exact) mass is 236 g/mol. The van der Waals surface area contributed by atoms with Gasteiger partial charge in [0.1, 0.15) is 5.82 Å². The highest BCUT2D eigenvalue weighted by molar-refractivity contribution is 5.44. The molecule has 0 aliphatic rings. The Morgan fingerprint density at radius 2 is 1.88 bits per heavy atom. The van der Waals surface area contributed by atoms with Crippen molar-refractivity contribution in [2.45, 2.75) is 34.6 Å². The van der Waals surface area contributed by atoms with Crippen molar-refractivity contribution in [1.82, 2.24) is 9.97 Å². The van der Waals surface area contributed by atoms with E-state index in [0.717, 1.165) is 37.1 Å². The molecule has 1 aromatic rings. The minimum Gasteiger partial charge on any atom is -0.357 e. The average molecular weight is 236 g/mol. The van der Waals surface area contributed by atoms with Crippen LogP contribution in [0.2, 0.25) is 0 Å². The van der Waals surface area contributed by atoms with Crippen LogP contribution in [0.3, 0.4) is 0 Å². The third-order valence-electron chi connectivity index (χ3n) is 2.60. The minimum absolute atomic E-state index is 0.594. The fourth-order valence-corrected chi connectivity index (χ4v) is 1.64. The zero-order valence-electron chi connectivity index (χ0n) is 11.6. The number of hydrogen-bond donors (Lipinski definition) is 1. The fraction of sp³-hybridized carbons (Fsp3) is 0.692. The lowest BCUT2D eigenvalue weighted by atomic mass is 10.2. The van der Waals surface area contributed by atoms with Gasteiger partial charge in [-0.1, -0.05) is 13.8 Å². The van der Waals surface area contributed by atoms with E-state index in [4.69, 9.17) is 0 Å². The van der Waals surface area contributed by atoms with Gasteiger partial charge in [-0.25, -0.2) is 4.98 Å². The lowest BCUT2D eigenvalue weighted by Gasteiger charge is -2.20. The molecule has 0 saturated heterocycles. The van der Waals surface area contributed by atoms with E-state index in [1.54, 1.807) is 0 Å². The second-order valence-electron chi connectivity index (χ2n) is 4.64. The number of hydrogen-bond acceptors (Lipinski definition) is 4. The van der Waals surface area contributed by atoms with E-state index in [2.05, 4.69) is 47.9 Å². The molecular formula is C13H24N4. The molecule has 0 amide bonds. The molecule has 1 N–H and O–H groups in total. The number of nitrogens with one attached hydrogen (secondary N) is 1. The van der Waals surface area contributed by atoms with Gasteiger partial charge in [0.05, 0.1) is 0 Å². The summed E-state index contributed by atoms with van der Waals surface area (Å²) in [7, 11) is 0. The lowest BCUT2D eigenvalue weighted by molar-refractivity contribution is 0.683. The summed E-state index contributed by atoms with van der Waals surface area (Å²) in [6.45, 7) is 13.5. The second kappa shape index (κ2) is 6.42. The van der Waals surface area contributed by atoms with Crippen molar-refractivity contribution in [2.24, 2.45) is 5.92 Å². The van der Waals surface area contributed by atoms with Gasteiger partial charge in [-0.15, -0.1) is 0 Å². The van der Waals surface area contributed by atoms with E-state index in [-0.39, 0.29) is 0 Å². The average Bonchev–Trinajstić information content (AvgIpc) is 2.27. The molecule has 4 nitrogen and oxygen atoms in total. The molecule has 0 aromatic carbocycles. The van der Waals surface area contributed by atoms with Gasteiger partial charge < -0.3 is 10.2 Å². The van der Waals surface area contributed by atoms with Crippen LogP contribution in [0.15, 0.2) is 6.07 Å². The highest BCUT2D eigenvalue weighted by Gasteiger charge is 2.07. The van der Waals surface area contributed by atoms with Gasteiger partial charge in [-0.05, 0) is 26.7 Å². The molecule has 0 aliphatic carbocycles. The Labute approximate surface area is 104 Å². The second-order valence-corrected chi connectivity index (χ2v) is 4.64. The van der Waals surface area contributed by atoms with Gasteiger partial charge in [0.2, 0.25) is 5.95 Å². The molecule has 96 valence electrons. The number of aromatic nitrogens is 2. The van der Waals surface area contributed by atoms with Crippen LogP contribution < -0.4 is 10.2 Å². The van der Waals surface area contributed by atoms with E-state index < -0.39 is 0 Å². The van der Waals surface area contributed by atoms with E-state index in [1.165, 1.54) is 0 Å². The SMILES string of the molecule is CCN(CC)c1cc(C)nc(NCC(C)C)n1. The summed E-state index contributed by atoms with van der Waals surface area (Å²) in [4.78, 5) is 11.2. The highest BCUT2D eigenvalue weighted by Crippen LogP contribution is 2.14. The Kier molecular flexibility index (Phi) is 5.19. The molecule has 0 fully saturated rings. The molecule has 0 aliphatic heterocycles. The van der Waals surface area contributed by atoms with E-state index >= 15 is 0 Å². The van der Waals surface area contributed by atoms with Crippen molar-refractivity contribution in [2.75, 3.05) is 29.9 Å². The van der Waals surface area contributed by atoms with E-state index in [9.17, 15) is 0 Å². The van der Waals surface area contributed by atoms with Crippen LogP contribution >= 0.6 is 0 Å². The predicted molar refractivity (Wildman–Crippen MR) is 73.7 cm³/mol. The first-order valence-electron chi connectivity index (χ1n) is 6.41. The van der Waals surface area contributed by atoms with Crippen LogP contribution in [0.25, 0.3) is 0 Å². The highest BCUT2D eigenvalue weighted by atomic mass is 15.2. The van der Waals surface area contributed by atoms with Gasteiger partial charge in [0, 0.05) is 31.4 Å². The van der Waals surface area contributed by atoms with Crippen molar-refractivity contribution >= 4 is 11.8 Å². The molecule has 4 heteroatoms. The van der Waals surface area contributed by atoms with Crippen LogP contribution in [0, 0.1) is 12.8 Å². The van der Waals surface area contributed by atoms with E-state index in [0.29, 0.717) is 5.92 Å². The number of anilines is 2. The molecular weight excluding hydrogens is 212 g/mol. The third-order valence-corrected chi connectivity index (χ3v) is 2.60. The van der Waals surface area contributed by atoms with Crippen LogP contribution in [0.1, 0.15) is 33.4 Å². The Morgan fingerprint density at radius 1 is 1.24 bits per heavy atom. The summed E-state index contributed by atoms with van der Waals surface area (Å²) < 4.78 is 0. The maximum atomic E-state index is 4.55. The van der Waals surface area contributed by atoms with Crippen LogP contribution in [0.5, 0.6) is 0 Å². The van der Waals surface area contributed by atoms with Crippen LogP contribution in [0.4, 0.5) is 11.8 Å². The number of nitrogens with zero attached hydrogens (tertiary/aromatic N) is 3. The molecule has 0 bridgehead atoms. The minimum atomic E-state index is 0.594. The first-order chi connectivity index (χ1) is 8.06. The largest absolute Gasteiger partial charge is 0.357 e. The van der Waals surface area contributed by atoms with Crippen molar-refractivity contribution in [3.63, 3.8) is 0 Å². The molecule has 0 saturated carbocycles. The Morgan fingerprint density at radius 3 is 2.41 bits per heavy atom. The molecule has 0 spiro atoms. The van der Waals surface area contributed by atoms with E-state index in [1.807, 2.05) is 13.0 Å². The lowest BCUT2D eigenvalue weighted by Crippen LogP contribution is -2.24. The molecule has 0 radical (unpaired) electrons. The summed E-state index contributed by atoms with van der Waals surface area (Å²) >= 11 is 0. The van der Waals surface area contributed by atoms with Crippen molar-refractivity contribution in [3.8, 4) is 0 Å². The zero-order valence-corrected chi connectivity index (χ0v) is 11.6. The van der Waals surface area contributed by atoms with Gasteiger partial charge >= 0.3 is 0 Å². The zero-order chi connectivity index (χ0) is 12.8. The summed E-state index contributed by atoms with van der Waals surface area (Å²) in [6, 6.07) is 2.04. The normalized spacial score (nSPS) is 10.7. The van der Waals surface area contributed by atoms with Crippen molar-refractivity contribution < 1.29 is 0 Å². The molecule has 1 aromatic heterocycles. The maximum absolute atomic E-state index is 4.55. The standard InChI is InChI=1S/C13H24N4/c1-6-17(7-2)12-8-11(5)15-13(16-12)14-9-10(3)4/h8,10H,6-7,9H2,1-5H3,(H,14,15,16). The van der Waals surface area contributed by atoms with Gasteiger partial charge in [0.25, 0.3) is 0 Å². The smallest absolute Gasteiger partial charge is 0.224 e. The van der Waals surface area contributed by atoms with Gasteiger partial charge in [0.15, 0.2) is 0 Å². The Hall–Kier alpha value is -1.32. The molecule has 17 heavy (non-hydrogen) atoms. The molecule has 1 heterocycles. The number of aryl methyl sites for hydroxylation is 1. The summed E-state index contributed by atoms with van der Waals surface area (Å²) in [5, 5.41) is 3.28. The topological polar surface area (TPSA) is 41.1 Å². The first kappa shape index (κ1) is 13.7. The van der Waals surface area contributed by atoms with Crippen LogP contribution in [-0.4, -0.2) is 29.6 Å². The molecule has 0 atom stereocenters.